The Morgan fingerprint density at radius 1 is 1.47 bits per heavy atom. The number of hydrogen-bond acceptors (Lipinski definition) is 4. The first-order chi connectivity index (χ1) is 6.94. The normalized spacial score (nSPS) is 11.1. The van der Waals surface area contributed by atoms with Crippen LogP contribution in [0.15, 0.2) is 12.4 Å². The van der Waals surface area contributed by atoms with E-state index in [0.29, 0.717) is 5.82 Å². The van der Waals surface area contributed by atoms with E-state index in [4.69, 9.17) is 5.73 Å². The van der Waals surface area contributed by atoms with E-state index in [0.717, 1.165) is 6.42 Å². The standard InChI is InChI=1S/C10H16N4O/c1-4-10(2,3)14-9(15)7-5-13-8(11)6-12-7/h5-6H,4H2,1-3H3,(H2,11,13)(H,14,15). The number of nitrogens with one attached hydrogen (secondary N) is 1. The first-order valence-electron chi connectivity index (χ1n) is 4.84. The number of nitrogen functional groups attached to an aromatic ring is 1. The predicted molar refractivity (Wildman–Crippen MR) is 58.3 cm³/mol. The van der Waals surface area contributed by atoms with Gasteiger partial charge >= 0.3 is 0 Å². The SMILES string of the molecule is CCC(C)(C)NC(=O)c1cnc(N)cn1. The fourth-order valence-corrected chi connectivity index (χ4v) is 0.915. The number of rotatable bonds is 3. The van der Waals surface area contributed by atoms with Crippen molar-refractivity contribution in [2.24, 2.45) is 0 Å². The summed E-state index contributed by atoms with van der Waals surface area (Å²) in [5.41, 5.74) is 5.42. The van der Waals surface area contributed by atoms with Gasteiger partial charge < -0.3 is 11.1 Å². The maximum atomic E-state index is 11.7. The molecule has 1 rings (SSSR count). The maximum Gasteiger partial charge on any atom is 0.271 e. The molecule has 0 aliphatic heterocycles. The average molecular weight is 208 g/mol. The highest BCUT2D eigenvalue weighted by molar-refractivity contribution is 5.92. The van der Waals surface area contributed by atoms with Crippen LogP contribution in [0.1, 0.15) is 37.7 Å². The van der Waals surface area contributed by atoms with Crippen molar-refractivity contribution in [2.45, 2.75) is 32.7 Å². The molecule has 0 unspecified atom stereocenters. The molecule has 1 heterocycles. The van der Waals surface area contributed by atoms with Crippen molar-refractivity contribution < 1.29 is 4.79 Å². The van der Waals surface area contributed by atoms with Crippen LogP contribution in [0.2, 0.25) is 0 Å². The molecule has 5 nitrogen and oxygen atoms in total. The van der Waals surface area contributed by atoms with Gasteiger partial charge in [-0.3, -0.25) is 4.79 Å². The van der Waals surface area contributed by atoms with E-state index < -0.39 is 0 Å². The summed E-state index contributed by atoms with van der Waals surface area (Å²) < 4.78 is 0. The molecule has 5 heteroatoms. The summed E-state index contributed by atoms with van der Waals surface area (Å²) in [5.74, 6) is 0.0793. The number of amides is 1. The molecule has 0 saturated heterocycles. The van der Waals surface area contributed by atoms with Crippen LogP contribution < -0.4 is 11.1 Å². The molecule has 0 aliphatic carbocycles. The average Bonchev–Trinajstić information content (AvgIpc) is 2.18. The molecule has 0 spiro atoms. The number of carbonyl (C=O) groups excluding carboxylic acids is 1. The highest BCUT2D eigenvalue weighted by Gasteiger charge is 2.19. The van der Waals surface area contributed by atoms with Crippen molar-refractivity contribution in [2.75, 3.05) is 5.73 Å². The van der Waals surface area contributed by atoms with Crippen LogP contribution in [0.5, 0.6) is 0 Å². The van der Waals surface area contributed by atoms with Crippen LogP contribution >= 0.6 is 0 Å². The Kier molecular flexibility index (Phi) is 3.24. The Morgan fingerprint density at radius 2 is 2.13 bits per heavy atom. The third-order valence-electron chi connectivity index (χ3n) is 2.24. The molecule has 0 aliphatic rings. The molecular weight excluding hydrogens is 192 g/mol. The van der Waals surface area contributed by atoms with Gasteiger partial charge in [-0.15, -0.1) is 0 Å². The Bertz CT molecular complexity index is 345. The number of nitrogens with zero attached hydrogens (tertiary/aromatic N) is 2. The van der Waals surface area contributed by atoms with E-state index in [2.05, 4.69) is 15.3 Å². The van der Waals surface area contributed by atoms with E-state index in [-0.39, 0.29) is 17.1 Å². The van der Waals surface area contributed by atoms with Gasteiger partial charge in [0.2, 0.25) is 0 Å². The van der Waals surface area contributed by atoms with Gasteiger partial charge in [0.05, 0.1) is 12.4 Å². The van der Waals surface area contributed by atoms with E-state index in [1.807, 2.05) is 20.8 Å². The number of hydrogen-bond donors (Lipinski definition) is 2. The van der Waals surface area contributed by atoms with Gasteiger partial charge in [0.25, 0.3) is 5.91 Å². The van der Waals surface area contributed by atoms with Gasteiger partial charge in [-0.1, -0.05) is 6.92 Å². The lowest BCUT2D eigenvalue weighted by Crippen LogP contribution is -2.43. The lowest BCUT2D eigenvalue weighted by molar-refractivity contribution is 0.0906. The Hall–Kier alpha value is -1.65. The summed E-state index contributed by atoms with van der Waals surface area (Å²) in [5, 5.41) is 2.86. The van der Waals surface area contributed by atoms with Gasteiger partial charge in [-0.05, 0) is 20.3 Å². The molecule has 0 saturated carbocycles. The van der Waals surface area contributed by atoms with Gasteiger partial charge in [0, 0.05) is 5.54 Å². The molecule has 0 radical (unpaired) electrons. The largest absolute Gasteiger partial charge is 0.382 e. The molecule has 1 aromatic rings. The summed E-state index contributed by atoms with van der Waals surface area (Å²) in [6.45, 7) is 5.92. The van der Waals surface area contributed by atoms with Crippen LogP contribution in [0.3, 0.4) is 0 Å². The summed E-state index contributed by atoms with van der Waals surface area (Å²) in [4.78, 5) is 19.4. The molecule has 1 amide bonds. The molecule has 15 heavy (non-hydrogen) atoms. The Balaban J connectivity index is 2.74. The second-order valence-electron chi connectivity index (χ2n) is 4.02. The zero-order valence-corrected chi connectivity index (χ0v) is 9.24. The molecule has 3 N–H and O–H groups in total. The summed E-state index contributed by atoms with van der Waals surface area (Å²) in [6, 6.07) is 0. The van der Waals surface area contributed by atoms with Crippen LogP contribution in [0.25, 0.3) is 0 Å². The monoisotopic (exact) mass is 208 g/mol. The van der Waals surface area contributed by atoms with Crippen molar-refractivity contribution in [3.63, 3.8) is 0 Å². The molecular formula is C10H16N4O. The molecule has 0 aromatic carbocycles. The van der Waals surface area contributed by atoms with Crippen LogP contribution in [-0.2, 0) is 0 Å². The summed E-state index contributed by atoms with van der Waals surface area (Å²) in [6.07, 6.45) is 3.59. The first kappa shape index (κ1) is 11.4. The van der Waals surface area contributed by atoms with Crippen molar-refractivity contribution in [3.8, 4) is 0 Å². The van der Waals surface area contributed by atoms with Crippen molar-refractivity contribution in [3.05, 3.63) is 18.1 Å². The molecule has 0 atom stereocenters. The predicted octanol–water partition coefficient (Wildman–Crippen LogP) is 0.977. The lowest BCUT2D eigenvalue weighted by Gasteiger charge is -2.23. The molecule has 0 fully saturated rings. The topological polar surface area (TPSA) is 80.9 Å². The second-order valence-corrected chi connectivity index (χ2v) is 4.02. The minimum absolute atomic E-state index is 0.227. The van der Waals surface area contributed by atoms with Gasteiger partial charge in [-0.25, -0.2) is 9.97 Å². The fraction of sp³-hybridized carbons (Fsp3) is 0.500. The van der Waals surface area contributed by atoms with Gasteiger partial charge in [0.15, 0.2) is 0 Å². The smallest absolute Gasteiger partial charge is 0.271 e. The van der Waals surface area contributed by atoms with E-state index in [1.165, 1.54) is 12.4 Å². The maximum absolute atomic E-state index is 11.7. The van der Waals surface area contributed by atoms with Crippen molar-refractivity contribution >= 4 is 11.7 Å². The zero-order valence-electron chi connectivity index (χ0n) is 9.24. The molecule has 0 bridgehead atoms. The first-order valence-corrected chi connectivity index (χ1v) is 4.84. The van der Waals surface area contributed by atoms with E-state index in [1.54, 1.807) is 0 Å². The number of carbonyl (C=O) groups is 1. The lowest BCUT2D eigenvalue weighted by atomic mass is 10.0. The fourth-order valence-electron chi connectivity index (χ4n) is 0.915. The highest BCUT2D eigenvalue weighted by Crippen LogP contribution is 2.08. The van der Waals surface area contributed by atoms with Crippen molar-refractivity contribution in [1.29, 1.82) is 0 Å². The number of aromatic nitrogens is 2. The number of anilines is 1. The van der Waals surface area contributed by atoms with Crippen LogP contribution in [0.4, 0.5) is 5.82 Å². The Labute approximate surface area is 89.1 Å². The van der Waals surface area contributed by atoms with Gasteiger partial charge in [-0.2, -0.15) is 0 Å². The minimum atomic E-state index is -0.236. The quantitative estimate of drug-likeness (QED) is 0.775. The molecule has 1 aromatic heterocycles. The zero-order chi connectivity index (χ0) is 11.5. The van der Waals surface area contributed by atoms with E-state index in [9.17, 15) is 4.79 Å². The third kappa shape index (κ3) is 3.19. The van der Waals surface area contributed by atoms with E-state index >= 15 is 0 Å². The minimum Gasteiger partial charge on any atom is -0.382 e. The summed E-state index contributed by atoms with van der Waals surface area (Å²) >= 11 is 0. The number of nitrogens with two attached hydrogens (primary N) is 1. The van der Waals surface area contributed by atoms with Gasteiger partial charge in [0.1, 0.15) is 11.5 Å². The Morgan fingerprint density at radius 3 is 2.60 bits per heavy atom. The van der Waals surface area contributed by atoms with Crippen LogP contribution in [0, 0.1) is 0 Å². The highest BCUT2D eigenvalue weighted by atomic mass is 16.2. The van der Waals surface area contributed by atoms with Crippen LogP contribution in [-0.4, -0.2) is 21.4 Å². The third-order valence-corrected chi connectivity index (χ3v) is 2.24. The molecule has 82 valence electrons. The second kappa shape index (κ2) is 4.25. The van der Waals surface area contributed by atoms with Crippen molar-refractivity contribution in [1.82, 2.24) is 15.3 Å². The summed E-state index contributed by atoms with van der Waals surface area (Å²) in [7, 11) is 0.